The highest BCUT2D eigenvalue weighted by Gasteiger charge is 2.21. The summed E-state index contributed by atoms with van der Waals surface area (Å²) >= 11 is 0. The molecule has 1 heterocycles. The molecule has 0 atom stereocenters. The van der Waals surface area contributed by atoms with Crippen LogP contribution >= 0.6 is 0 Å². The standard InChI is InChI=1S/C18H15NO3/c1-11-7-3-4-8-12(11)15-13-9-5-6-10-14(13)17(20)19(2)16(15)18(21)22/h3-10H,1-2H3,(H,21,22). The van der Waals surface area contributed by atoms with Crippen LogP contribution in [0.3, 0.4) is 0 Å². The van der Waals surface area contributed by atoms with E-state index in [4.69, 9.17) is 0 Å². The minimum absolute atomic E-state index is 0.0120. The molecule has 3 aromatic rings. The minimum atomic E-state index is -1.11. The van der Waals surface area contributed by atoms with Gasteiger partial charge >= 0.3 is 5.97 Å². The molecule has 0 saturated carbocycles. The van der Waals surface area contributed by atoms with Crippen molar-refractivity contribution in [3.8, 4) is 11.1 Å². The maximum atomic E-state index is 12.4. The molecule has 22 heavy (non-hydrogen) atoms. The van der Waals surface area contributed by atoms with Crippen LogP contribution in [0.5, 0.6) is 0 Å². The second-order valence-corrected chi connectivity index (χ2v) is 5.25. The Kier molecular flexibility index (Phi) is 3.29. The number of fused-ring (bicyclic) bond motifs is 1. The molecule has 0 unspecified atom stereocenters. The lowest BCUT2D eigenvalue weighted by atomic mass is 9.94. The largest absolute Gasteiger partial charge is 0.477 e. The molecule has 4 nitrogen and oxygen atoms in total. The fraction of sp³-hybridized carbons (Fsp3) is 0.111. The maximum Gasteiger partial charge on any atom is 0.353 e. The predicted molar refractivity (Wildman–Crippen MR) is 86.3 cm³/mol. The van der Waals surface area contributed by atoms with E-state index in [1.54, 1.807) is 18.2 Å². The zero-order valence-electron chi connectivity index (χ0n) is 12.3. The van der Waals surface area contributed by atoms with Crippen LogP contribution in [-0.2, 0) is 7.05 Å². The fourth-order valence-electron chi connectivity index (χ4n) is 2.84. The Morgan fingerprint density at radius 3 is 2.23 bits per heavy atom. The molecule has 0 aliphatic rings. The van der Waals surface area contributed by atoms with E-state index < -0.39 is 5.97 Å². The second kappa shape index (κ2) is 5.15. The van der Waals surface area contributed by atoms with Crippen LogP contribution in [0.1, 0.15) is 16.1 Å². The smallest absolute Gasteiger partial charge is 0.353 e. The summed E-state index contributed by atoms with van der Waals surface area (Å²) in [6, 6.07) is 14.7. The molecule has 2 aromatic carbocycles. The maximum absolute atomic E-state index is 12.4. The van der Waals surface area contributed by atoms with Gasteiger partial charge in [0.15, 0.2) is 0 Å². The minimum Gasteiger partial charge on any atom is -0.477 e. The average Bonchev–Trinajstić information content (AvgIpc) is 2.51. The molecule has 0 saturated heterocycles. The van der Waals surface area contributed by atoms with Crippen molar-refractivity contribution < 1.29 is 9.90 Å². The molecule has 3 rings (SSSR count). The van der Waals surface area contributed by atoms with E-state index in [9.17, 15) is 14.7 Å². The highest BCUT2D eigenvalue weighted by atomic mass is 16.4. The Hall–Kier alpha value is -2.88. The molecule has 1 N–H and O–H groups in total. The van der Waals surface area contributed by atoms with Crippen LogP contribution < -0.4 is 5.56 Å². The number of pyridine rings is 1. The first kappa shape index (κ1) is 14.1. The van der Waals surface area contributed by atoms with Crippen molar-refractivity contribution in [1.82, 2.24) is 4.57 Å². The van der Waals surface area contributed by atoms with Crippen molar-refractivity contribution in [1.29, 1.82) is 0 Å². The van der Waals surface area contributed by atoms with Crippen molar-refractivity contribution in [2.24, 2.45) is 7.05 Å². The Morgan fingerprint density at radius 1 is 1.00 bits per heavy atom. The molecule has 4 heteroatoms. The first-order valence-electron chi connectivity index (χ1n) is 6.93. The van der Waals surface area contributed by atoms with Gasteiger partial charge in [-0.05, 0) is 29.5 Å². The molecular formula is C18H15NO3. The van der Waals surface area contributed by atoms with E-state index in [1.165, 1.54) is 11.6 Å². The van der Waals surface area contributed by atoms with Gasteiger partial charge in [0.1, 0.15) is 5.69 Å². The quantitative estimate of drug-likeness (QED) is 0.789. The summed E-state index contributed by atoms with van der Waals surface area (Å²) in [4.78, 5) is 24.2. The van der Waals surface area contributed by atoms with Gasteiger partial charge in [0.2, 0.25) is 0 Å². The van der Waals surface area contributed by atoms with Crippen molar-refractivity contribution in [2.45, 2.75) is 6.92 Å². The third-order valence-corrected chi connectivity index (χ3v) is 3.92. The number of aromatic carboxylic acids is 1. The first-order valence-corrected chi connectivity index (χ1v) is 6.93. The number of aromatic nitrogens is 1. The molecule has 0 radical (unpaired) electrons. The third-order valence-electron chi connectivity index (χ3n) is 3.92. The van der Waals surface area contributed by atoms with Gasteiger partial charge in [-0.25, -0.2) is 4.79 Å². The molecular weight excluding hydrogens is 278 g/mol. The van der Waals surface area contributed by atoms with E-state index in [-0.39, 0.29) is 11.3 Å². The van der Waals surface area contributed by atoms with Gasteiger partial charge in [0.25, 0.3) is 5.56 Å². The number of nitrogens with zero attached hydrogens (tertiary/aromatic N) is 1. The molecule has 0 bridgehead atoms. The summed E-state index contributed by atoms with van der Waals surface area (Å²) in [6.45, 7) is 1.93. The number of benzene rings is 2. The van der Waals surface area contributed by atoms with E-state index in [1.807, 2.05) is 37.3 Å². The predicted octanol–water partition coefficient (Wildman–Crippen LogP) is 3.21. The van der Waals surface area contributed by atoms with E-state index >= 15 is 0 Å². The van der Waals surface area contributed by atoms with Crippen LogP contribution in [-0.4, -0.2) is 15.6 Å². The monoisotopic (exact) mass is 293 g/mol. The highest BCUT2D eigenvalue weighted by Crippen LogP contribution is 2.32. The zero-order chi connectivity index (χ0) is 15.9. The molecule has 1 aromatic heterocycles. The number of hydrogen-bond donors (Lipinski definition) is 1. The van der Waals surface area contributed by atoms with Crippen LogP contribution in [0.4, 0.5) is 0 Å². The van der Waals surface area contributed by atoms with Gasteiger partial charge in [-0.2, -0.15) is 0 Å². The van der Waals surface area contributed by atoms with Gasteiger partial charge in [-0.3, -0.25) is 4.79 Å². The normalized spacial score (nSPS) is 10.8. The number of rotatable bonds is 2. The topological polar surface area (TPSA) is 59.3 Å². The lowest BCUT2D eigenvalue weighted by Crippen LogP contribution is -2.24. The molecule has 0 fully saturated rings. The Morgan fingerprint density at radius 2 is 1.59 bits per heavy atom. The van der Waals surface area contributed by atoms with Crippen molar-refractivity contribution in [3.05, 3.63) is 70.1 Å². The van der Waals surface area contributed by atoms with E-state index in [0.717, 1.165) is 11.1 Å². The van der Waals surface area contributed by atoms with Crippen LogP contribution in [0, 0.1) is 6.92 Å². The van der Waals surface area contributed by atoms with Crippen molar-refractivity contribution >= 4 is 16.7 Å². The lowest BCUT2D eigenvalue weighted by molar-refractivity contribution is 0.0686. The number of carbonyl (C=O) groups is 1. The summed E-state index contributed by atoms with van der Waals surface area (Å²) in [5.41, 5.74) is 2.09. The second-order valence-electron chi connectivity index (χ2n) is 5.25. The van der Waals surface area contributed by atoms with E-state index in [2.05, 4.69) is 0 Å². The van der Waals surface area contributed by atoms with Gasteiger partial charge in [0.05, 0.1) is 0 Å². The van der Waals surface area contributed by atoms with E-state index in [0.29, 0.717) is 16.3 Å². The molecule has 0 amide bonds. The van der Waals surface area contributed by atoms with Crippen LogP contribution in [0.25, 0.3) is 21.9 Å². The van der Waals surface area contributed by atoms with Gasteiger partial charge in [-0.15, -0.1) is 0 Å². The van der Waals surface area contributed by atoms with Crippen LogP contribution in [0.15, 0.2) is 53.3 Å². The average molecular weight is 293 g/mol. The van der Waals surface area contributed by atoms with Gasteiger partial charge < -0.3 is 9.67 Å². The number of hydrogen-bond acceptors (Lipinski definition) is 2. The molecule has 0 aliphatic heterocycles. The summed E-state index contributed by atoms with van der Waals surface area (Å²) in [5.74, 6) is -1.11. The first-order chi connectivity index (χ1) is 10.5. The number of carboxylic acids is 1. The molecule has 0 aliphatic carbocycles. The molecule has 110 valence electrons. The Balaban J connectivity index is 2.60. The lowest BCUT2D eigenvalue weighted by Gasteiger charge is -2.16. The number of carboxylic acid groups (broad SMARTS) is 1. The Bertz CT molecular complexity index is 954. The zero-order valence-corrected chi connectivity index (χ0v) is 12.3. The highest BCUT2D eigenvalue weighted by molar-refractivity contribution is 6.06. The van der Waals surface area contributed by atoms with Crippen molar-refractivity contribution in [3.63, 3.8) is 0 Å². The van der Waals surface area contributed by atoms with Crippen LogP contribution in [0.2, 0.25) is 0 Å². The summed E-state index contributed by atoms with van der Waals surface area (Å²) in [5, 5.41) is 10.8. The molecule has 0 spiro atoms. The third kappa shape index (κ3) is 2.00. The fourth-order valence-corrected chi connectivity index (χ4v) is 2.84. The Labute approximate surface area is 127 Å². The summed E-state index contributed by atoms with van der Waals surface area (Å²) in [6.07, 6.45) is 0. The van der Waals surface area contributed by atoms with Gasteiger partial charge in [0, 0.05) is 18.0 Å². The summed E-state index contributed by atoms with van der Waals surface area (Å²) in [7, 11) is 1.50. The van der Waals surface area contributed by atoms with Crippen molar-refractivity contribution in [2.75, 3.05) is 0 Å². The van der Waals surface area contributed by atoms with Gasteiger partial charge in [-0.1, -0.05) is 42.5 Å². The SMILES string of the molecule is Cc1ccccc1-c1c(C(=O)O)n(C)c(=O)c2ccccc12. The number of aryl methyl sites for hydroxylation is 1. The summed E-state index contributed by atoms with van der Waals surface area (Å²) < 4.78 is 1.21.